The standard InChI is InChI=1S/C21H22N4/c1-14-6-5-9-16(12-14)19-18-13-23-20-17(10-11-22-20)25(18)21(24-19)15-7-3-2-4-8-15/h5-6,9-13,15,22H,2-4,7-8H2,1H3. The van der Waals surface area contributed by atoms with Crippen molar-refractivity contribution in [2.24, 2.45) is 0 Å². The number of rotatable bonds is 2. The Kier molecular flexibility index (Phi) is 3.37. The van der Waals surface area contributed by atoms with Gasteiger partial charge in [-0.2, -0.15) is 0 Å². The Balaban J connectivity index is 1.81. The van der Waals surface area contributed by atoms with Crippen LogP contribution in [0.3, 0.4) is 0 Å². The second kappa shape index (κ2) is 5.73. The van der Waals surface area contributed by atoms with Gasteiger partial charge in [-0.25, -0.2) is 9.97 Å². The minimum atomic E-state index is 0.542. The van der Waals surface area contributed by atoms with E-state index in [4.69, 9.17) is 4.98 Å². The van der Waals surface area contributed by atoms with Crippen molar-refractivity contribution in [2.45, 2.75) is 44.9 Å². The number of hydrogen-bond donors (Lipinski definition) is 1. The highest BCUT2D eigenvalue weighted by atomic mass is 15.1. The van der Waals surface area contributed by atoms with Crippen LogP contribution in [0.1, 0.15) is 49.4 Å². The summed E-state index contributed by atoms with van der Waals surface area (Å²) in [6.45, 7) is 2.13. The summed E-state index contributed by atoms with van der Waals surface area (Å²) in [6.07, 6.45) is 10.4. The molecule has 1 N–H and O–H groups in total. The fourth-order valence-electron chi connectivity index (χ4n) is 4.22. The topological polar surface area (TPSA) is 46.0 Å². The first kappa shape index (κ1) is 14.7. The first-order chi connectivity index (χ1) is 12.3. The van der Waals surface area contributed by atoms with Gasteiger partial charge in [0.25, 0.3) is 0 Å². The maximum atomic E-state index is 5.16. The molecule has 0 unspecified atom stereocenters. The van der Waals surface area contributed by atoms with E-state index >= 15 is 0 Å². The number of fused-ring (bicyclic) bond motifs is 3. The van der Waals surface area contributed by atoms with Gasteiger partial charge in [-0.05, 0) is 31.9 Å². The van der Waals surface area contributed by atoms with E-state index in [1.807, 2.05) is 12.4 Å². The van der Waals surface area contributed by atoms with Crippen LogP contribution in [0.4, 0.5) is 0 Å². The normalized spacial score (nSPS) is 16.0. The van der Waals surface area contributed by atoms with Crippen LogP contribution < -0.4 is 0 Å². The molecule has 1 aliphatic carbocycles. The van der Waals surface area contributed by atoms with Crippen molar-refractivity contribution in [1.82, 2.24) is 19.4 Å². The van der Waals surface area contributed by atoms with Crippen LogP contribution in [0.5, 0.6) is 0 Å². The summed E-state index contributed by atoms with van der Waals surface area (Å²) in [7, 11) is 0. The lowest BCUT2D eigenvalue weighted by Gasteiger charge is -2.20. The van der Waals surface area contributed by atoms with E-state index in [-0.39, 0.29) is 0 Å². The monoisotopic (exact) mass is 330 g/mol. The number of nitrogens with zero attached hydrogens (tertiary/aromatic N) is 3. The summed E-state index contributed by atoms with van der Waals surface area (Å²) in [5.74, 6) is 1.75. The Morgan fingerprint density at radius 2 is 1.96 bits per heavy atom. The molecule has 4 aromatic rings. The summed E-state index contributed by atoms with van der Waals surface area (Å²) in [6, 6.07) is 10.7. The zero-order chi connectivity index (χ0) is 16.8. The molecule has 4 heteroatoms. The Labute approximate surface area is 146 Å². The van der Waals surface area contributed by atoms with Gasteiger partial charge in [0.05, 0.1) is 22.9 Å². The molecule has 0 amide bonds. The average molecular weight is 330 g/mol. The third-order valence-corrected chi connectivity index (χ3v) is 5.46. The van der Waals surface area contributed by atoms with E-state index in [0.29, 0.717) is 5.92 Å². The number of benzene rings is 1. The fourth-order valence-corrected chi connectivity index (χ4v) is 4.22. The number of aromatic nitrogens is 4. The lowest BCUT2D eigenvalue weighted by Crippen LogP contribution is -2.09. The minimum Gasteiger partial charge on any atom is -0.345 e. The van der Waals surface area contributed by atoms with E-state index in [2.05, 4.69) is 51.6 Å². The van der Waals surface area contributed by atoms with Crippen molar-refractivity contribution in [2.75, 3.05) is 0 Å². The lowest BCUT2D eigenvalue weighted by molar-refractivity contribution is 0.429. The van der Waals surface area contributed by atoms with Crippen LogP contribution in [0, 0.1) is 6.92 Å². The number of nitrogens with one attached hydrogen (secondary N) is 1. The lowest BCUT2D eigenvalue weighted by atomic mass is 9.89. The van der Waals surface area contributed by atoms with Gasteiger partial charge < -0.3 is 4.98 Å². The van der Waals surface area contributed by atoms with E-state index in [1.165, 1.54) is 49.1 Å². The van der Waals surface area contributed by atoms with Crippen LogP contribution in [-0.4, -0.2) is 19.4 Å². The maximum absolute atomic E-state index is 5.16. The summed E-state index contributed by atoms with van der Waals surface area (Å²) in [5.41, 5.74) is 6.66. The fraction of sp³-hybridized carbons (Fsp3) is 0.333. The van der Waals surface area contributed by atoms with E-state index in [9.17, 15) is 0 Å². The molecule has 3 aromatic heterocycles. The molecule has 4 nitrogen and oxygen atoms in total. The number of hydrogen-bond acceptors (Lipinski definition) is 2. The molecule has 1 fully saturated rings. The van der Waals surface area contributed by atoms with E-state index in [0.717, 1.165) is 22.4 Å². The van der Waals surface area contributed by atoms with Gasteiger partial charge in [-0.3, -0.25) is 4.40 Å². The largest absolute Gasteiger partial charge is 0.345 e. The Bertz CT molecular complexity index is 1050. The third kappa shape index (κ3) is 2.36. The zero-order valence-electron chi connectivity index (χ0n) is 14.5. The highest BCUT2D eigenvalue weighted by molar-refractivity contribution is 5.84. The van der Waals surface area contributed by atoms with Gasteiger partial charge in [0.2, 0.25) is 0 Å². The van der Waals surface area contributed by atoms with Crippen LogP contribution in [-0.2, 0) is 0 Å². The van der Waals surface area contributed by atoms with Crippen LogP contribution in [0.25, 0.3) is 27.9 Å². The molecule has 0 bridgehead atoms. The highest BCUT2D eigenvalue weighted by Gasteiger charge is 2.24. The molecule has 0 aliphatic heterocycles. The summed E-state index contributed by atoms with van der Waals surface area (Å²) in [4.78, 5) is 13.0. The van der Waals surface area contributed by atoms with Gasteiger partial charge in [0.1, 0.15) is 5.82 Å². The van der Waals surface area contributed by atoms with Gasteiger partial charge in [-0.1, -0.05) is 43.0 Å². The molecule has 5 rings (SSSR count). The van der Waals surface area contributed by atoms with E-state index < -0.39 is 0 Å². The Morgan fingerprint density at radius 3 is 2.80 bits per heavy atom. The molecule has 1 aliphatic rings. The van der Waals surface area contributed by atoms with Crippen molar-refractivity contribution in [3.8, 4) is 11.3 Å². The average Bonchev–Trinajstić information content (AvgIpc) is 3.26. The summed E-state index contributed by atoms with van der Waals surface area (Å²) in [5, 5.41) is 0. The smallest absolute Gasteiger partial charge is 0.154 e. The first-order valence-electron chi connectivity index (χ1n) is 9.23. The predicted molar refractivity (Wildman–Crippen MR) is 101 cm³/mol. The zero-order valence-corrected chi connectivity index (χ0v) is 14.5. The van der Waals surface area contributed by atoms with Crippen molar-refractivity contribution in [3.63, 3.8) is 0 Å². The molecule has 0 saturated heterocycles. The number of aromatic amines is 1. The summed E-state index contributed by atoms with van der Waals surface area (Å²) < 4.78 is 2.34. The molecule has 0 atom stereocenters. The third-order valence-electron chi connectivity index (χ3n) is 5.46. The Hall–Kier alpha value is -2.62. The summed E-state index contributed by atoms with van der Waals surface area (Å²) >= 11 is 0. The molecule has 25 heavy (non-hydrogen) atoms. The number of aryl methyl sites for hydroxylation is 1. The van der Waals surface area contributed by atoms with Crippen LogP contribution in [0.2, 0.25) is 0 Å². The first-order valence-corrected chi connectivity index (χ1v) is 9.23. The minimum absolute atomic E-state index is 0.542. The highest BCUT2D eigenvalue weighted by Crippen LogP contribution is 2.36. The maximum Gasteiger partial charge on any atom is 0.154 e. The molecule has 3 heterocycles. The number of imidazole rings is 1. The quantitative estimate of drug-likeness (QED) is 0.547. The van der Waals surface area contributed by atoms with Gasteiger partial charge in [-0.15, -0.1) is 0 Å². The van der Waals surface area contributed by atoms with Gasteiger partial charge in [0.15, 0.2) is 5.65 Å². The predicted octanol–water partition coefficient (Wildman–Crippen LogP) is 5.23. The molecule has 126 valence electrons. The molecule has 0 radical (unpaired) electrons. The van der Waals surface area contributed by atoms with Crippen LogP contribution >= 0.6 is 0 Å². The van der Waals surface area contributed by atoms with Crippen molar-refractivity contribution >= 4 is 16.7 Å². The van der Waals surface area contributed by atoms with Crippen molar-refractivity contribution in [1.29, 1.82) is 0 Å². The molecule has 1 saturated carbocycles. The van der Waals surface area contributed by atoms with E-state index in [1.54, 1.807) is 0 Å². The van der Waals surface area contributed by atoms with Crippen molar-refractivity contribution in [3.05, 3.63) is 54.1 Å². The van der Waals surface area contributed by atoms with Gasteiger partial charge >= 0.3 is 0 Å². The van der Waals surface area contributed by atoms with Crippen LogP contribution in [0.15, 0.2) is 42.7 Å². The number of H-pyrrole nitrogens is 1. The Morgan fingerprint density at radius 1 is 1.08 bits per heavy atom. The molecular weight excluding hydrogens is 308 g/mol. The SMILES string of the molecule is Cc1cccc(-c2nc(C3CCCCC3)n3c2cnc2[nH]ccc23)c1. The van der Waals surface area contributed by atoms with Crippen molar-refractivity contribution < 1.29 is 0 Å². The second-order valence-electron chi connectivity index (χ2n) is 7.21. The second-order valence-corrected chi connectivity index (χ2v) is 7.21. The molecule has 0 spiro atoms. The molecule has 1 aromatic carbocycles. The molecular formula is C21H22N4. The van der Waals surface area contributed by atoms with Gasteiger partial charge in [0, 0.05) is 17.7 Å².